The zero-order chi connectivity index (χ0) is 90.5. The summed E-state index contributed by atoms with van der Waals surface area (Å²) in [6.45, 7) is 7.79. The predicted octanol–water partition coefficient (Wildman–Crippen LogP) is 7.00. The fourth-order valence-electron chi connectivity index (χ4n) is 10.6. The highest BCUT2D eigenvalue weighted by molar-refractivity contribution is 7.55. The van der Waals surface area contributed by atoms with E-state index in [1.54, 1.807) is 84.0 Å². The number of nitrogens with two attached hydrogens (primary N) is 3. The van der Waals surface area contributed by atoms with Crippen molar-refractivity contribution in [3.8, 4) is 52.8 Å². The van der Waals surface area contributed by atoms with Crippen LogP contribution in [0.2, 0.25) is 0 Å². The number of ether oxygens (including phenoxy) is 6. The lowest BCUT2D eigenvalue weighted by atomic mass is 9.96. The molecule has 3 aromatic carbocycles. The summed E-state index contributed by atoms with van der Waals surface area (Å²) >= 11 is 0. The molecule has 0 bridgehead atoms. The van der Waals surface area contributed by atoms with Gasteiger partial charge in [-0.1, -0.05) is 93.1 Å². The first-order chi connectivity index (χ1) is 56.3. The van der Waals surface area contributed by atoms with Gasteiger partial charge in [0.25, 0.3) is 0 Å². The van der Waals surface area contributed by atoms with Crippen molar-refractivity contribution < 1.29 is 125 Å². The van der Waals surface area contributed by atoms with Gasteiger partial charge in [0.1, 0.15) is 66.0 Å². The monoisotopic (exact) mass is 1680 g/mol. The van der Waals surface area contributed by atoms with E-state index >= 15 is 13.2 Å². The van der Waals surface area contributed by atoms with Gasteiger partial charge in [-0.3, -0.25) is 37.1 Å². The SMILES string of the molecule is [2H]C([2H])(O[P@@](=O)(C[C@@H](C)C(=O)OC(C)C)Oc1ccccc1)[C@H]1O[C@@H](n2cc(F)c(N)nc2=O)C(F)(C#CC)[C@H]1O.[2H]C([2H])(O[P@@](=O)(C[C@@H](C)C(=O)OC(C)C)Oc1ccccc1)[C@H]1O[C@@H](n2cnc(N)nc2=O)C(F)(C#CC)[C@H]1O.[2H]C([2H])(O[P@@](=O)(C[C@@H](C)C(=O)OC(C)C)Oc1ccccc1)[C@H]1O[C@@H](n2ncc(N)nc2=O)C(F)(C#CC)[C@H]1O. The lowest BCUT2D eigenvalue weighted by Gasteiger charge is -2.25. The summed E-state index contributed by atoms with van der Waals surface area (Å²) in [4.78, 5) is 88.2. The smallest absolute Gasteiger partial charge is 0.380 e. The number of aromatic nitrogens is 8. The largest absolute Gasteiger partial charge is 0.463 e. The molecule has 115 heavy (non-hydrogen) atoms. The Hall–Kier alpha value is -9.90. The van der Waals surface area contributed by atoms with Crippen molar-refractivity contribution in [2.45, 2.75) is 174 Å². The third-order valence-electron chi connectivity index (χ3n) is 15.8. The number of nitrogen functional groups attached to an aromatic ring is 3. The van der Waals surface area contributed by atoms with Crippen LogP contribution in [0.15, 0.2) is 124 Å². The number of alkyl halides is 3. The molecule has 3 aliphatic rings. The van der Waals surface area contributed by atoms with Gasteiger partial charge in [-0.15, -0.1) is 17.8 Å². The van der Waals surface area contributed by atoms with Gasteiger partial charge in [0.15, 0.2) is 24.1 Å². The number of aliphatic hydroxyl groups excluding tert-OH is 3. The minimum absolute atomic E-state index is 0.00603. The molecule has 42 heteroatoms. The highest BCUT2D eigenvalue weighted by Crippen LogP contribution is 2.55. The van der Waals surface area contributed by atoms with E-state index in [9.17, 15) is 62.2 Å². The van der Waals surface area contributed by atoms with Crippen LogP contribution in [-0.4, -0.2) is 182 Å². The number of carbonyl (C=O) groups is 3. The summed E-state index contributed by atoms with van der Waals surface area (Å²) in [6, 6.07) is 22.8. The Bertz CT molecular complexity index is 5000. The molecule has 3 saturated heterocycles. The molecule has 35 nitrogen and oxygen atoms in total. The predicted molar refractivity (Wildman–Crippen MR) is 404 cm³/mol. The second-order valence-corrected chi connectivity index (χ2v) is 32.2. The number of rotatable bonds is 30. The number of anilines is 3. The Morgan fingerprint density at radius 1 is 0.530 bits per heavy atom. The highest BCUT2D eigenvalue weighted by atomic mass is 31.2. The molecule has 9 rings (SSSR count). The summed E-state index contributed by atoms with van der Waals surface area (Å²) in [5.74, 6) is 4.85. The molecule has 6 aromatic rings. The molecule has 0 amide bonds. The summed E-state index contributed by atoms with van der Waals surface area (Å²) in [7, 11) is -13.8. The molecule has 18 atom stereocenters. The van der Waals surface area contributed by atoms with Crippen LogP contribution >= 0.6 is 22.8 Å². The maximum absolute atomic E-state index is 16.2. The van der Waals surface area contributed by atoms with Gasteiger partial charge in [0, 0.05) is 0 Å². The van der Waals surface area contributed by atoms with Gasteiger partial charge in [0.05, 0.1) is 94.8 Å². The van der Waals surface area contributed by atoms with Crippen LogP contribution in [0.4, 0.5) is 35.1 Å². The maximum Gasteiger partial charge on any atom is 0.380 e. The van der Waals surface area contributed by atoms with Gasteiger partial charge in [-0.05, 0) is 98.7 Å². The van der Waals surface area contributed by atoms with Crippen molar-refractivity contribution >= 4 is 58.3 Å². The zero-order valence-corrected chi connectivity index (χ0v) is 66.4. The minimum atomic E-state index is -4.65. The van der Waals surface area contributed by atoms with Crippen LogP contribution in [0, 0.1) is 59.1 Å². The van der Waals surface area contributed by atoms with Gasteiger partial charge in [-0.25, -0.2) is 50.6 Å². The molecule has 0 spiro atoms. The van der Waals surface area contributed by atoms with Crippen molar-refractivity contribution in [2.24, 2.45) is 17.8 Å². The first kappa shape index (κ1) is 83.1. The quantitative estimate of drug-likeness (QED) is 0.00868. The van der Waals surface area contributed by atoms with Gasteiger partial charge >= 0.3 is 57.8 Å². The summed E-state index contributed by atoms with van der Waals surface area (Å²) in [6.07, 6.45) is -21.5. The fraction of sp³-hybridized carbons (Fsp3) is 0.493. The minimum Gasteiger partial charge on any atom is -0.463 e. The second-order valence-electron chi connectivity index (χ2n) is 26.3. The topological polar surface area (TPSA) is 482 Å². The van der Waals surface area contributed by atoms with Crippen LogP contribution in [0.3, 0.4) is 0 Å². The molecule has 3 unspecified atom stereocenters. The number of para-hydroxylation sites is 3. The fourth-order valence-corrected chi connectivity index (χ4v) is 15.7. The van der Waals surface area contributed by atoms with Crippen LogP contribution in [0.25, 0.3) is 0 Å². The average Bonchev–Trinajstić information content (AvgIpc) is 1.59. The number of hydrogen-bond acceptors (Lipinski definition) is 32. The van der Waals surface area contributed by atoms with E-state index < -0.39 is 222 Å². The van der Waals surface area contributed by atoms with E-state index in [0.29, 0.717) is 20.0 Å². The molecule has 0 aliphatic carbocycles. The van der Waals surface area contributed by atoms with Gasteiger partial charge < -0.3 is 74.5 Å². The molecule has 3 fully saturated rings. The number of nitrogens with zero attached hydrogens (tertiary/aromatic N) is 8. The number of hydrogen-bond donors (Lipinski definition) is 6. The number of benzene rings is 3. The van der Waals surface area contributed by atoms with E-state index in [0.717, 1.165) is 12.5 Å². The lowest BCUT2D eigenvalue weighted by molar-refractivity contribution is -0.152. The molecule has 9 N–H and O–H groups in total. The van der Waals surface area contributed by atoms with E-state index in [4.69, 9.17) is 81.0 Å². The Kier molecular flexibility index (Phi) is 29.0. The van der Waals surface area contributed by atoms with E-state index in [2.05, 4.69) is 54.6 Å². The summed E-state index contributed by atoms with van der Waals surface area (Å²) in [5.41, 5.74) is 3.25. The normalized spacial score (nSPS) is 26.2. The molecule has 6 heterocycles. The third kappa shape index (κ3) is 24.1. The van der Waals surface area contributed by atoms with Crippen molar-refractivity contribution in [3.63, 3.8) is 0 Å². The standard InChI is InChI=1S/C25H30F2N3O8P.2C24H30FN4O8P/c1-5-11-25(27)20(31)19(37-23(25)30-12-18(26)21(28)29-24(30)33)13-35-39(34,38-17-9-7-6-8-10-17)14-16(4)22(32)36-15(2)3;1-5-11-24(25)20(30)18(36-22(24)29-23(32)28-19(26)12-27-29)13-34-38(33,37-17-9-7-6-8-10-17)14-16(4)21(31)35-15(2)3;1-5-11-24(25)19(30)18(36-21(24)29-14-27-22(26)28-23(29)32)12-34-38(33,37-17-9-7-6-8-10-17)13-16(4)20(31)35-15(2)3/h6-10,12,15-16,19-20,23,31H,13-14H2,1-4H3,(H2,28,29,33);6-10,12,15-16,18,20,22,30H,13-14H2,1-4H3,(H2,26,28,32);6-10,14-16,18-19,21,30H,12-13H2,1-4H3,(H2,26,28,32)/t16-,19-,20+,23-,25?,39+;16-,18-,20+,22-,24?,38+;16-,18-,19+,21-,24?,38+/m111/s1/i2*13D2;12D2. The first-order valence-corrected chi connectivity index (χ1v) is 40.0. The highest BCUT2D eigenvalue weighted by Gasteiger charge is 2.62. The molecule has 3 aliphatic heterocycles. The van der Waals surface area contributed by atoms with Gasteiger partial charge in [0.2, 0.25) is 29.2 Å². The summed E-state index contributed by atoms with van der Waals surface area (Å²) in [5, 5.41) is 36.4. The molecule has 0 radical (unpaired) electrons. The van der Waals surface area contributed by atoms with Crippen LogP contribution in [-0.2, 0) is 70.1 Å². The Morgan fingerprint density at radius 2 is 0.861 bits per heavy atom. The third-order valence-corrected chi connectivity index (χ3v) is 21.4. The molecule has 624 valence electrons. The summed E-state index contributed by atoms with van der Waals surface area (Å²) < 4.78 is 221. The molecular weight excluding hydrogens is 1580 g/mol. The maximum atomic E-state index is 16.2. The van der Waals surface area contributed by atoms with E-state index in [1.807, 2.05) is 5.92 Å². The zero-order valence-electron chi connectivity index (χ0n) is 69.8. The first-order valence-electron chi connectivity index (χ1n) is 37.9. The van der Waals surface area contributed by atoms with Crippen molar-refractivity contribution in [2.75, 3.05) is 55.4 Å². The van der Waals surface area contributed by atoms with Crippen LogP contribution < -0.4 is 47.8 Å². The number of esters is 3. The van der Waals surface area contributed by atoms with E-state index in [1.165, 1.54) is 90.1 Å². The molecular formula is C73H90F4N11O24P3. The Labute approximate surface area is 666 Å². The number of aliphatic hydroxyl groups is 3. The van der Waals surface area contributed by atoms with E-state index in [-0.39, 0.29) is 23.1 Å². The van der Waals surface area contributed by atoms with Crippen LogP contribution in [0.1, 0.15) is 110 Å². The van der Waals surface area contributed by atoms with Crippen molar-refractivity contribution in [1.82, 2.24) is 38.9 Å². The van der Waals surface area contributed by atoms with Crippen LogP contribution in [0.5, 0.6) is 17.2 Å². The van der Waals surface area contributed by atoms with Crippen molar-refractivity contribution in [1.29, 1.82) is 0 Å². The number of carbonyl (C=O) groups excluding carboxylic acids is 3. The average molecular weight is 1680 g/mol. The lowest BCUT2D eigenvalue weighted by Crippen LogP contribution is -2.45. The Morgan fingerprint density at radius 3 is 1.19 bits per heavy atom. The molecule has 0 saturated carbocycles. The Balaban J connectivity index is 0.000000250. The van der Waals surface area contributed by atoms with Gasteiger partial charge in [-0.2, -0.15) is 24.7 Å². The molecule has 3 aromatic heterocycles. The van der Waals surface area contributed by atoms with Crippen molar-refractivity contribution in [3.05, 3.63) is 147 Å². The second kappa shape index (κ2) is 40.1. The number of halogens is 4.